The fourth-order valence-electron chi connectivity index (χ4n) is 5.83. The minimum absolute atomic E-state index is 0.241. The second-order valence-corrected chi connectivity index (χ2v) is 12.4. The molecule has 9 heteroatoms. The summed E-state index contributed by atoms with van der Waals surface area (Å²) in [5, 5.41) is 22.9. The topological polar surface area (TPSA) is 94.3 Å². The van der Waals surface area contributed by atoms with E-state index in [-0.39, 0.29) is 6.61 Å². The van der Waals surface area contributed by atoms with Crippen molar-refractivity contribution in [2.24, 2.45) is 0 Å². The summed E-state index contributed by atoms with van der Waals surface area (Å²) in [6.45, 7) is 2.88. The van der Waals surface area contributed by atoms with Crippen LogP contribution in [0.5, 0.6) is 5.75 Å². The zero-order valence-electron chi connectivity index (χ0n) is 22.6. The smallest absolute Gasteiger partial charge is 0.227 e. The number of nitriles is 1. The molecule has 1 atom stereocenters. The summed E-state index contributed by atoms with van der Waals surface area (Å²) in [5.74, 6) is 1.75. The number of aliphatic hydroxyl groups excluding tert-OH is 1. The lowest BCUT2D eigenvalue weighted by Gasteiger charge is -2.22. The Morgan fingerprint density at radius 3 is 2.87 bits per heavy atom. The van der Waals surface area contributed by atoms with Crippen molar-refractivity contribution in [3.8, 4) is 22.4 Å². The molecule has 1 aliphatic carbocycles. The van der Waals surface area contributed by atoms with Crippen molar-refractivity contribution >= 4 is 34.7 Å². The summed E-state index contributed by atoms with van der Waals surface area (Å²) >= 11 is 3.33. The molecule has 5 rings (SSSR count). The van der Waals surface area contributed by atoms with E-state index in [9.17, 15) is 10.4 Å². The Labute approximate surface area is 239 Å². The third-order valence-electron chi connectivity index (χ3n) is 7.77. The van der Waals surface area contributed by atoms with Gasteiger partial charge in [-0.3, -0.25) is 4.90 Å². The number of likely N-dealkylation sites (tertiary alicyclic amines) is 1. The highest BCUT2D eigenvalue weighted by Crippen LogP contribution is 2.47. The zero-order valence-corrected chi connectivity index (χ0v) is 24.2. The van der Waals surface area contributed by atoms with Crippen LogP contribution in [0.25, 0.3) is 10.6 Å². The number of hydrogen-bond donors (Lipinski definition) is 2. The first kappa shape index (κ1) is 27.9. The van der Waals surface area contributed by atoms with Crippen LogP contribution < -0.4 is 10.1 Å². The van der Waals surface area contributed by atoms with E-state index in [4.69, 9.17) is 9.72 Å². The third-order valence-corrected chi connectivity index (χ3v) is 10.1. The number of hydrogen-bond acceptors (Lipinski definition) is 9. The molecular formula is C30H37N5O2S2. The lowest BCUT2D eigenvalue weighted by atomic mass is 9.82. The van der Waals surface area contributed by atoms with E-state index in [0.29, 0.717) is 24.5 Å². The van der Waals surface area contributed by atoms with Gasteiger partial charge in [-0.15, -0.1) is 23.1 Å². The summed E-state index contributed by atoms with van der Waals surface area (Å²) < 4.78 is 7.10. The normalized spacial score (nSPS) is 18.2. The van der Waals surface area contributed by atoms with Crippen molar-refractivity contribution in [1.82, 2.24) is 14.9 Å². The molecule has 1 saturated carbocycles. The van der Waals surface area contributed by atoms with Gasteiger partial charge in [-0.2, -0.15) is 5.26 Å². The van der Waals surface area contributed by atoms with E-state index in [1.54, 1.807) is 29.3 Å². The second kappa shape index (κ2) is 13.6. The second-order valence-electron chi connectivity index (χ2n) is 10.3. The maximum absolute atomic E-state index is 10.0. The van der Waals surface area contributed by atoms with Crippen molar-refractivity contribution in [3.63, 3.8) is 0 Å². The Hall–Kier alpha value is -2.64. The van der Waals surface area contributed by atoms with Crippen LogP contribution in [0.4, 0.5) is 11.6 Å². The number of thiophene rings is 1. The van der Waals surface area contributed by atoms with Crippen LogP contribution in [0, 0.1) is 11.3 Å². The Bertz CT molecular complexity index is 1280. The van der Waals surface area contributed by atoms with Gasteiger partial charge in [0.1, 0.15) is 11.8 Å². The van der Waals surface area contributed by atoms with Crippen molar-refractivity contribution in [2.45, 2.75) is 67.5 Å². The summed E-state index contributed by atoms with van der Waals surface area (Å²) in [7, 11) is 0. The predicted octanol–water partition coefficient (Wildman–Crippen LogP) is 6.82. The molecule has 2 fully saturated rings. The zero-order chi connectivity index (χ0) is 27.0. The van der Waals surface area contributed by atoms with E-state index >= 15 is 0 Å². The summed E-state index contributed by atoms with van der Waals surface area (Å²) in [5.41, 5.74) is 3.76. The molecule has 2 aliphatic rings. The van der Waals surface area contributed by atoms with Crippen molar-refractivity contribution in [3.05, 3.63) is 47.7 Å². The van der Waals surface area contributed by atoms with E-state index in [1.165, 1.54) is 24.8 Å². The van der Waals surface area contributed by atoms with Crippen LogP contribution in [0.1, 0.15) is 68.4 Å². The molecule has 3 heterocycles. The third kappa shape index (κ3) is 6.75. The predicted molar refractivity (Wildman–Crippen MR) is 159 cm³/mol. The van der Waals surface area contributed by atoms with E-state index in [0.717, 1.165) is 77.0 Å². The first-order valence-corrected chi connectivity index (χ1v) is 16.0. The molecule has 1 aromatic carbocycles. The highest BCUT2D eigenvalue weighted by atomic mass is 32.2. The number of aromatic nitrogens is 2. The molecule has 0 unspecified atom stereocenters. The van der Waals surface area contributed by atoms with E-state index in [1.807, 2.05) is 36.6 Å². The molecule has 0 radical (unpaired) electrons. The monoisotopic (exact) mass is 563 g/mol. The molecule has 0 bridgehead atoms. The average molecular weight is 564 g/mol. The standard InChI is InChI=1S/C30H37N5O2S2/c1-38-29-25(19-31)27(21-8-3-2-4-9-21)28(39-29)26-13-14-32-30(34-26)33-22-10-5-12-24(18-22)37-17-7-16-35-15-6-11-23(35)20-36/h5,10,12-14,18,21,23,36H,2-4,6-9,11,15-17,20H2,1H3,(H,32,33,34)/t23-/m0/s1. The number of thioether (sulfide) groups is 1. The fourth-order valence-corrected chi connectivity index (χ4v) is 7.82. The van der Waals surface area contributed by atoms with Gasteiger partial charge in [-0.25, -0.2) is 9.97 Å². The van der Waals surface area contributed by atoms with Crippen molar-refractivity contribution < 1.29 is 9.84 Å². The molecule has 1 saturated heterocycles. The van der Waals surface area contributed by atoms with E-state index in [2.05, 4.69) is 21.3 Å². The number of benzene rings is 1. The number of nitrogens with one attached hydrogen (secondary N) is 1. The number of anilines is 2. The van der Waals surface area contributed by atoms with Crippen LogP contribution in [0.2, 0.25) is 0 Å². The van der Waals surface area contributed by atoms with Crippen LogP contribution in [0.15, 0.2) is 40.7 Å². The summed E-state index contributed by atoms with van der Waals surface area (Å²) in [6, 6.07) is 12.7. The van der Waals surface area contributed by atoms with Crippen LogP contribution >= 0.6 is 23.1 Å². The SMILES string of the molecule is CSc1sc(-c2ccnc(Nc3cccc(OCCCN4CCC[C@H]4CO)c3)n2)c(C2CCCCC2)c1C#N. The molecule has 1 aliphatic heterocycles. The molecule has 0 amide bonds. The van der Waals surface area contributed by atoms with Gasteiger partial charge < -0.3 is 15.2 Å². The largest absolute Gasteiger partial charge is 0.493 e. The van der Waals surface area contributed by atoms with Gasteiger partial charge in [0.15, 0.2) is 0 Å². The van der Waals surface area contributed by atoms with Crippen LogP contribution in [-0.4, -0.2) is 58.6 Å². The molecule has 2 N–H and O–H groups in total. The summed E-state index contributed by atoms with van der Waals surface area (Å²) in [6.07, 6.45) is 13.0. The molecule has 3 aromatic rings. The Morgan fingerprint density at radius 2 is 2.08 bits per heavy atom. The molecule has 206 valence electrons. The maximum Gasteiger partial charge on any atom is 0.227 e. The minimum atomic E-state index is 0.241. The van der Waals surface area contributed by atoms with Crippen LogP contribution in [-0.2, 0) is 0 Å². The summed E-state index contributed by atoms with van der Waals surface area (Å²) in [4.78, 5) is 12.8. The minimum Gasteiger partial charge on any atom is -0.493 e. The van der Waals surface area contributed by atoms with Gasteiger partial charge >= 0.3 is 0 Å². The number of ether oxygens (including phenoxy) is 1. The molecule has 0 spiro atoms. The highest BCUT2D eigenvalue weighted by Gasteiger charge is 2.28. The Morgan fingerprint density at radius 1 is 1.21 bits per heavy atom. The highest BCUT2D eigenvalue weighted by molar-refractivity contribution is 8.00. The molecule has 39 heavy (non-hydrogen) atoms. The van der Waals surface area contributed by atoms with Gasteiger partial charge in [-0.1, -0.05) is 25.3 Å². The average Bonchev–Trinajstić information content (AvgIpc) is 3.60. The first-order valence-electron chi connectivity index (χ1n) is 14.0. The Balaban J connectivity index is 1.27. The number of aliphatic hydroxyl groups is 1. The van der Waals surface area contributed by atoms with Gasteiger partial charge in [0, 0.05) is 30.5 Å². The van der Waals surface area contributed by atoms with Gasteiger partial charge in [0.2, 0.25) is 5.95 Å². The van der Waals surface area contributed by atoms with Crippen molar-refractivity contribution in [1.29, 1.82) is 5.26 Å². The lowest BCUT2D eigenvalue weighted by molar-refractivity contribution is 0.150. The van der Waals surface area contributed by atoms with E-state index < -0.39 is 0 Å². The fraction of sp³-hybridized carbons (Fsp3) is 0.500. The molecule has 7 nitrogen and oxygen atoms in total. The number of nitrogens with zero attached hydrogens (tertiary/aromatic N) is 4. The van der Waals surface area contributed by atoms with Gasteiger partial charge in [0.25, 0.3) is 0 Å². The maximum atomic E-state index is 10.0. The molecular weight excluding hydrogens is 526 g/mol. The van der Waals surface area contributed by atoms with Gasteiger partial charge in [0.05, 0.1) is 33.6 Å². The quantitative estimate of drug-likeness (QED) is 0.194. The van der Waals surface area contributed by atoms with Crippen molar-refractivity contribution in [2.75, 3.05) is 37.9 Å². The number of rotatable bonds is 11. The Kier molecular flexibility index (Phi) is 9.75. The molecule has 2 aromatic heterocycles. The first-order chi connectivity index (χ1) is 19.2. The van der Waals surface area contributed by atoms with Gasteiger partial charge in [-0.05, 0) is 74.6 Å². The lowest BCUT2D eigenvalue weighted by Crippen LogP contribution is -2.33. The van der Waals surface area contributed by atoms with Crippen LogP contribution in [0.3, 0.4) is 0 Å².